The second-order valence-corrected chi connectivity index (χ2v) is 4.18. The zero-order valence-corrected chi connectivity index (χ0v) is 11.6. The molecule has 0 saturated carbocycles. The molecular formula is C13H19N5O. The maximum atomic E-state index is 5.58. The van der Waals surface area contributed by atoms with Gasteiger partial charge in [-0.25, -0.2) is 4.98 Å². The minimum atomic E-state index is 0.355. The summed E-state index contributed by atoms with van der Waals surface area (Å²) in [4.78, 5) is 8.56. The number of rotatable bonds is 6. The predicted octanol–water partition coefficient (Wildman–Crippen LogP) is 1.90. The molecule has 0 spiro atoms. The van der Waals surface area contributed by atoms with Crippen LogP contribution in [-0.2, 0) is 13.1 Å². The van der Waals surface area contributed by atoms with Crippen molar-refractivity contribution in [1.29, 1.82) is 0 Å². The molecule has 0 amide bonds. The van der Waals surface area contributed by atoms with Crippen molar-refractivity contribution < 1.29 is 4.74 Å². The van der Waals surface area contributed by atoms with Gasteiger partial charge in [0.15, 0.2) is 5.75 Å². The van der Waals surface area contributed by atoms with Gasteiger partial charge >= 0.3 is 6.01 Å². The highest BCUT2D eigenvalue weighted by atomic mass is 16.5. The Morgan fingerprint density at radius 2 is 2.16 bits per heavy atom. The van der Waals surface area contributed by atoms with Crippen LogP contribution in [0.5, 0.6) is 11.8 Å². The molecule has 1 N–H and O–H groups in total. The van der Waals surface area contributed by atoms with Crippen molar-refractivity contribution in [3.05, 3.63) is 29.8 Å². The molecule has 19 heavy (non-hydrogen) atoms. The summed E-state index contributed by atoms with van der Waals surface area (Å²) in [5, 5.41) is 7.39. The lowest BCUT2D eigenvalue weighted by molar-refractivity contribution is 0.438. The van der Waals surface area contributed by atoms with Crippen LogP contribution in [0.2, 0.25) is 0 Å². The molecule has 2 rings (SSSR count). The monoisotopic (exact) mass is 261 g/mol. The molecule has 2 aromatic rings. The van der Waals surface area contributed by atoms with Gasteiger partial charge in [-0.1, -0.05) is 6.92 Å². The van der Waals surface area contributed by atoms with Crippen molar-refractivity contribution in [1.82, 2.24) is 25.1 Å². The lowest BCUT2D eigenvalue weighted by Crippen LogP contribution is -2.13. The molecule has 0 radical (unpaired) electrons. The summed E-state index contributed by atoms with van der Waals surface area (Å²) in [6, 6.07) is 0.355. The van der Waals surface area contributed by atoms with Crippen LogP contribution < -0.4 is 10.1 Å². The van der Waals surface area contributed by atoms with Crippen LogP contribution in [-0.4, -0.2) is 26.3 Å². The first kappa shape index (κ1) is 13.5. The van der Waals surface area contributed by atoms with Crippen LogP contribution in [0.1, 0.15) is 25.1 Å². The second kappa shape index (κ2) is 6.29. The average Bonchev–Trinajstić information content (AvgIpc) is 2.85. The number of aromatic nitrogens is 4. The van der Waals surface area contributed by atoms with Crippen LogP contribution in [0.15, 0.2) is 18.6 Å². The smallest absolute Gasteiger partial charge is 0.322 e. The van der Waals surface area contributed by atoms with Crippen LogP contribution in [0.25, 0.3) is 0 Å². The van der Waals surface area contributed by atoms with Crippen molar-refractivity contribution >= 4 is 0 Å². The summed E-state index contributed by atoms with van der Waals surface area (Å²) in [6.45, 7) is 8.55. The number of hydrogen-bond acceptors (Lipinski definition) is 5. The molecule has 0 bridgehead atoms. The fourth-order valence-corrected chi connectivity index (χ4v) is 1.63. The van der Waals surface area contributed by atoms with Crippen LogP contribution in [0.4, 0.5) is 0 Å². The first-order chi connectivity index (χ1) is 9.22. The van der Waals surface area contributed by atoms with Crippen LogP contribution >= 0.6 is 0 Å². The third kappa shape index (κ3) is 3.51. The summed E-state index contributed by atoms with van der Waals surface area (Å²) < 4.78 is 7.37. The molecule has 0 fully saturated rings. The highest BCUT2D eigenvalue weighted by Crippen LogP contribution is 2.17. The Bertz CT molecular complexity index is 538. The van der Waals surface area contributed by atoms with Gasteiger partial charge in [-0.05, 0) is 20.4 Å². The van der Waals surface area contributed by atoms with Gasteiger partial charge in [-0.2, -0.15) is 10.1 Å². The van der Waals surface area contributed by atoms with Crippen molar-refractivity contribution in [3.8, 4) is 11.8 Å². The first-order valence-electron chi connectivity index (χ1n) is 6.46. The molecule has 2 aromatic heterocycles. The number of nitrogens with one attached hydrogen (secondary N) is 1. The molecule has 0 saturated heterocycles. The zero-order valence-electron chi connectivity index (χ0n) is 11.6. The van der Waals surface area contributed by atoms with Crippen LogP contribution in [0.3, 0.4) is 0 Å². The Morgan fingerprint density at radius 1 is 1.32 bits per heavy atom. The number of ether oxygens (including phenoxy) is 1. The number of nitrogens with zero attached hydrogens (tertiary/aromatic N) is 4. The van der Waals surface area contributed by atoms with Crippen LogP contribution in [0, 0.1) is 6.92 Å². The Hall–Kier alpha value is -1.95. The topological polar surface area (TPSA) is 64.9 Å². The molecule has 0 aliphatic rings. The average molecular weight is 261 g/mol. The number of hydrogen-bond donors (Lipinski definition) is 1. The van der Waals surface area contributed by atoms with E-state index >= 15 is 0 Å². The van der Waals surface area contributed by atoms with Crippen molar-refractivity contribution in [2.45, 2.75) is 33.9 Å². The summed E-state index contributed by atoms with van der Waals surface area (Å²) in [6.07, 6.45) is 5.28. The van der Waals surface area contributed by atoms with Gasteiger partial charge in [0.2, 0.25) is 0 Å². The molecule has 6 nitrogen and oxygen atoms in total. The van der Waals surface area contributed by atoms with Gasteiger partial charge in [0.1, 0.15) is 0 Å². The van der Waals surface area contributed by atoms with E-state index in [-0.39, 0.29) is 0 Å². The zero-order chi connectivity index (χ0) is 13.7. The third-order valence-electron chi connectivity index (χ3n) is 2.77. The van der Waals surface area contributed by atoms with E-state index in [9.17, 15) is 0 Å². The van der Waals surface area contributed by atoms with E-state index in [1.165, 1.54) is 0 Å². The fraction of sp³-hybridized carbons (Fsp3) is 0.462. The maximum absolute atomic E-state index is 5.58. The van der Waals surface area contributed by atoms with Gasteiger partial charge in [-0.15, -0.1) is 0 Å². The Balaban J connectivity index is 2.06. The highest BCUT2D eigenvalue weighted by molar-refractivity contribution is 5.21. The molecule has 0 aliphatic heterocycles. The van der Waals surface area contributed by atoms with Crippen molar-refractivity contribution in [2.24, 2.45) is 0 Å². The summed E-state index contributed by atoms with van der Waals surface area (Å²) in [7, 11) is 0. The van der Waals surface area contributed by atoms with Gasteiger partial charge in [-0.3, -0.25) is 4.68 Å². The summed E-state index contributed by atoms with van der Waals surface area (Å²) in [5.41, 5.74) is 2.01. The minimum Gasteiger partial charge on any atom is -0.421 e. The predicted molar refractivity (Wildman–Crippen MR) is 72.1 cm³/mol. The van der Waals surface area contributed by atoms with Crippen molar-refractivity contribution in [3.63, 3.8) is 0 Å². The molecule has 0 aromatic carbocycles. The Labute approximate surface area is 112 Å². The summed E-state index contributed by atoms with van der Waals surface area (Å²) >= 11 is 0. The maximum Gasteiger partial charge on any atom is 0.322 e. The molecular weight excluding hydrogens is 242 g/mol. The van der Waals surface area contributed by atoms with E-state index in [1.54, 1.807) is 17.1 Å². The molecule has 102 valence electrons. The third-order valence-corrected chi connectivity index (χ3v) is 2.77. The quantitative estimate of drug-likeness (QED) is 0.860. The van der Waals surface area contributed by atoms with Gasteiger partial charge < -0.3 is 10.1 Å². The molecule has 0 atom stereocenters. The van der Waals surface area contributed by atoms with E-state index in [0.29, 0.717) is 11.8 Å². The lowest BCUT2D eigenvalue weighted by Gasteiger charge is -2.07. The normalized spacial score (nSPS) is 10.7. The fourth-order valence-electron chi connectivity index (χ4n) is 1.63. The van der Waals surface area contributed by atoms with E-state index in [2.05, 4.69) is 27.3 Å². The largest absolute Gasteiger partial charge is 0.421 e. The van der Waals surface area contributed by atoms with Crippen molar-refractivity contribution in [2.75, 3.05) is 6.54 Å². The second-order valence-electron chi connectivity index (χ2n) is 4.18. The van der Waals surface area contributed by atoms with Gasteiger partial charge in [0, 0.05) is 30.5 Å². The molecule has 0 unspecified atom stereocenters. The highest BCUT2D eigenvalue weighted by Gasteiger charge is 2.06. The minimum absolute atomic E-state index is 0.355. The first-order valence-corrected chi connectivity index (χ1v) is 6.46. The Morgan fingerprint density at radius 3 is 2.79 bits per heavy atom. The summed E-state index contributed by atoms with van der Waals surface area (Å²) in [5.74, 6) is 0.653. The van der Waals surface area contributed by atoms with Gasteiger partial charge in [0.25, 0.3) is 0 Å². The SMILES string of the molecule is CCNCc1cnc(Oc2cnn(CC)c2)nc1C. The van der Waals surface area contributed by atoms with E-state index in [1.807, 2.05) is 20.0 Å². The molecule has 0 aliphatic carbocycles. The Kier molecular flexibility index (Phi) is 4.46. The lowest BCUT2D eigenvalue weighted by atomic mass is 10.2. The molecule has 2 heterocycles. The standard InChI is InChI=1S/C13H19N5O/c1-4-14-6-11-7-15-13(17-10(11)3)19-12-8-16-18(5-2)9-12/h7-9,14H,4-6H2,1-3H3. The van der Waals surface area contributed by atoms with E-state index in [4.69, 9.17) is 4.74 Å². The molecule has 6 heteroatoms. The van der Waals surface area contributed by atoms with E-state index in [0.717, 1.165) is 30.9 Å². The van der Waals surface area contributed by atoms with E-state index < -0.39 is 0 Å². The van der Waals surface area contributed by atoms with Gasteiger partial charge in [0.05, 0.1) is 12.4 Å². The number of aryl methyl sites for hydroxylation is 2.